The molecule has 0 nitrogen and oxygen atoms in total. The van der Waals surface area contributed by atoms with Crippen LogP contribution in [0.4, 0.5) is 0 Å². The predicted molar refractivity (Wildman–Crippen MR) is 160 cm³/mol. The van der Waals surface area contributed by atoms with Crippen molar-refractivity contribution in [3.8, 4) is 0 Å². The number of allylic oxidation sites excluding steroid dienone is 8. The largest absolute Gasteiger partial charge is 0.147 e. The fraction of sp³-hybridized carbons (Fsp3) is 0.692. The van der Waals surface area contributed by atoms with Crippen molar-refractivity contribution in [3.05, 3.63) is 40.3 Å². The van der Waals surface area contributed by atoms with Crippen molar-refractivity contribution in [3.63, 3.8) is 0 Å². The Bertz CT molecular complexity index is 873. The molecule has 0 N–H and O–H groups in total. The minimum Gasteiger partial charge on any atom is -0.147 e. The molecular formula is C26H52Cl2Si3Zr. The van der Waals surface area contributed by atoms with E-state index in [-0.39, 0.29) is 35.6 Å². The van der Waals surface area contributed by atoms with Crippen molar-refractivity contribution in [2.75, 3.05) is 0 Å². The first-order valence-corrected chi connectivity index (χ1v) is 32.2. The van der Waals surface area contributed by atoms with Gasteiger partial charge in [-0.2, -0.15) is 0 Å². The molecule has 6 heteroatoms. The minimum atomic E-state index is -3.33. The van der Waals surface area contributed by atoms with Crippen LogP contribution in [0.2, 0.25) is 48.5 Å². The van der Waals surface area contributed by atoms with E-state index in [2.05, 4.69) is 109 Å². The summed E-state index contributed by atoms with van der Waals surface area (Å²) in [6, 6.07) is 0. The Kier molecular flexibility index (Phi) is 9.83. The third-order valence-corrected chi connectivity index (χ3v) is 28.8. The van der Waals surface area contributed by atoms with Crippen LogP contribution in [-0.4, -0.2) is 23.0 Å². The van der Waals surface area contributed by atoms with Crippen LogP contribution in [0.3, 0.4) is 0 Å². The summed E-state index contributed by atoms with van der Waals surface area (Å²) in [4.78, 5) is 0. The van der Waals surface area contributed by atoms with Crippen LogP contribution in [0.15, 0.2) is 40.3 Å². The fourth-order valence-corrected chi connectivity index (χ4v) is 23.3. The molecule has 2 rings (SSSR count). The summed E-state index contributed by atoms with van der Waals surface area (Å²) in [6.45, 7) is 32.4. The SMILES string of the molecule is CC(C)(C)C1=[C]([Zr]([CH3])([CH3])(=[SiH2])[C]2=C(C(C)(C)C)C=C([Si](C)(C)C)C2)CC([Si](C)(C)C)=C1.Cl.Cl. The molecule has 0 aromatic carbocycles. The molecule has 0 saturated heterocycles. The van der Waals surface area contributed by atoms with Gasteiger partial charge in [-0.1, -0.05) is 0 Å². The fourth-order valence-electron chi connectivity index (χ4n) is 5.11. The molecule has 2 aliphatic rings. The van der Waals surface area contributed by atoms with Gasteiger partial charge in [-0.15, -0.1) is 24.8 Å². The average molecular weight is 611 g/mol. The van der Waals surface area contributed by atoms with Gasteiger partial charge in [0.1, 0.15) is 0 Å². The molecule has 0 unspecified atom stereocenters. The Labute approximate surface area is 217 Å². The van der Waals surface area contributed by atoms with Gasteiger partial charge in [-0.25, -0.2) is 0 Å². The van der Waals surface area contributed by atoms with Crippen LogP contribution < -0.4 is 0 Å². The zero-order valence-electron chi connectivity index (χ0n) is 23.6. The van der Waals surface area contributed by atoms with E-state index in [0.29, 0.717) is 0 Å². The first-order chi connectivity index (χ1) is 12.9. The first kappa shape index (κ1) is 33.1. The Morgan fingerprint density at radius 2 is 0.906 bits per heavy atom. The third kappa shape index (κ3) is 6.64. The maximum Gasteiger partial charge on any atom is -0.147 e. The number of hydrogen-bond acceptors (Lipinski definition) is 0. The summed E-state index contributed by atoms with van der Waals surface area (Å²) >= 11 is -3.33. The summed E-state index contributed by atoms with van der Waals surface area (Å²) in [5, 5.41) is 3.57. The van der Waals surface area contributed by atoms with Crippen LogP contribution in [0.1, 0.15) is 54.4 Å². The van der Waals surface area contributed by atoms with E-state index in [1.54, 1.807) is 21.5 Å². The smallest absolute Gasteiger partial charge is 0.147 e. The molecule has 0 saturated carbocycles. The molecule has 0 aliphatic heterocycles. The van der Waals surface area contributed by atoms with Gasteiger partial charge >= 0.3 is 194 Å². The van der Waals surface area contributed by atoms with Crippen molar-refractivity contribution >= 4 is 47.8 Å². The summed E-state index contributed by atoms with van der Waals surface area (Å²) < 4.78 is 9.34. The van der Waals surface area contributed by atoms with E-state index in [1.165, 1.54) is 12.8 Å². The van der Waals surface area contributed by atoms with E-state index in [1.807, 2.05) is 6.56 Å². The van der Waals surface area contributed by atoms with Gasteiger partial charge in [0.05, 0.1) is 0 Å². The van der Waals surface area contributed by atoms with Gasteiger partial charge in [0.25, 0.3) is 0 Å². The summed E-state index contributed by atoms with van der Waals surface area (Å²) in [5.41, 5.74) is 3.86. The van der Waals surface area contributed by atoms with Gasteiger partial charge in [0.15, 0.2) is 0 Å². The van der Waals surface area contributed by atoms with Crippen LogP contribution in [0.5, 0.6) is 0 Å². The molecule has 0 radical (unpaired) electrons. The molecule has 0 spiro atoms. The number of rotatable bonds is 4. The second kappa shape index (κ2) is 9.51. The van der Waals surface area contributed by atoms with Crippen LogP contribution >= 0.6 is 24.8 Å². The van der Waals surface area contributed by atoms with Gasteiger partial charge < -0.3 is 0 Å². The number of halogens is 2. The zero-order chi connectivity index (χ0) is 23.7. The standard InChI is InChI=1S/2C12H21Si.2CH3.2ClH.H2Si.Zr/c2*1-12(2,3)10-7-8-11(9-10)13(4,5)6;;;;;;/h2*9H,8H2,1-6H3;2*1H3;2*1H;1H2;. The van der Waals surface area contributed by atoms with Crippen LogP contribution in [-0.2, 0) is 17.4 Å². The Morgan fingerprint density at radius 3 is 1.09 bits per heavy atom. The van der Waals surface area contributed by atoms with Crippen molar-refractivity contribution in [1.29, 1.82) is 0 Å². The Hall–Kier alpha value is 1.07. The van der Waals surface area contributed by atoms with Crippen LogP contribution in [0, 0.1) is 10.8 Å². The molecule has 0 heterocycles. The molecule has 0 atom stereocenters. The molecule has 32 heavy (non-hydrogen) atoms. The maximum absolute atomic E-state index is 3.33. The van der Waals surface area contributed by atoms with E-state index >= 15 is 0 Å². The normalized spacial score (nSPS) is 19.0. The number of hydrogen-bond donors (Lipinski definition) is 0. The van der Waals surface area contributed by atoms with Gasteiger partial charge in [-0.3, -0.25) is 0 Å². The van der Waals surface area contributed by atoms with E-state index in [4.69, 9.17) is 0 Å². The van der Waals surface area contributed by atoms with Crippen molar-refractivity contribution in [2.24, 2.45) is 10.8 Å². The van der Waals surface area contributed by atoms with Gasteiger partial charge in [-0.05, 0) is 0 Å². The van der Waals surface area contributed by atoms with E-state index < -0.39 is 33.5 Å². The van der Waals surface area contributed by atoms with Crippen molar-refractivity contribution in [1.82, 2.24) is 0 Å². The zero-order valence-corrected chi connectivity index (χ0v) is 31.1. The molecule has 0 amide bonds. The quantitative estimate of drug-likeness (QED) is 0.278. The second-order valence-electron chi connectivity index (χ2n) is 15.2. The summed E-state index contributed by atoms with van der Waals surface area (Å²) in [6.07, 6.45) is 7.89. The second-order valence-corrected chi connectivity index (χ2v) is 54.2. The van der Waals surface area contributed by atoms with E-state index in [9.17, 15) is 0 Å². The van der Waals surface area contributed by atoms with Gasteiger partial charge in [0.2, 0.25) is 0 Å². The molecule has 0 fully saturated rings. The molecule has 0 aromatic heterocycles. The predicted octanol–water partition coefficient (Wildman–Crippen LogP) is 9.18. The van der Waals surface area contributed by atoms with Gasteiger partial charge in [0, 0.05) is 0 Å². The molecular weight excluding hydrogens is 559 g/mol. The maximum atomic E-state index is 2.77. The molecule has 2 aliphatic carbocycles. The monoisotopic (exact) mass is 608 g/mol. The minimum absolute atomic E-state index is 0. The Morgan fingerprint density at radius 1 is 0.656 bits per heavy atom. The summed E-state index contributed by atoms with van der Waals surface area (Å²) in [7, 11) is -2.60. The third-order valence-electron chi connectivity index (χ3n) is 7.50. The Balaban J connectivity index is 0.00000480. The topological polar surface area (TPSA) is 0 Å². The molecule has 186 valence electrons. The van der Waals surface area contributed by atoms with E-state index in [0.717, 1.165) is 0 Å². The average Bonchev–Trinajstić information content (AvgIpc) is 3.11. The summed E-state index contributed by atoms with van der Waals surface area (Å²) in [5.74, 6) is 0. The van der Waals surface area contributed by atoms with Crippen LogP contribution in [0.25, 0.3) is 0 Å². The molecule has 0 aromatic rings. The van der Waals surface area contributed by atoms with Crippen molar-refractivity contribution in [2.45, 2.75) is 103 Å². The molecule has 0 bridgehead atoms. The van der Waals surface area contributed by atoms with Crippen molar-refractivity contribution < 1.29 is 17.4 Å². The first-order valence-electron chi connectivity index (χ1n) is 11.9.